The summed E-state index contributed by atoms with van der Waals surface area (Å²) in [6.45, 7) is 6.08. The standard InChI is InChI=1S/C37H44O3S2Se/c1-3-41-37(42-4-2)36(40-27-32-21-13-7-14-22-32)35(39-26-31-19-11-6-12-20-31)34(38-25-30-17-9-5-10-18-30)29-43-28-33-23-15-8-16-24-33/h5-24,34-37H,3-4,25-29H2,1-2H3/t34-,35-,36-/m1/s1. The molecule has 4 aromatic rings. The number of hydrogen-bond acceptors (Lipinski definition) is 5. The summed E-state index contributed by atoms with van der Waals surface area (Å²) >= 11 is 4.25. The molecule has 3 atom stereocenters. The summed E-state index contributed by atoms with van der Waals surface area (Å²) in [6.07, 6.45) is -0.480. The normalized spacial score (nSPS) is 13.6. The van der Waals surface area contributed by atoms with Crippen molar-refractivity contribution in [2.45, 2.75) is 67.2 Å². The van der Waals surface area contributed by atoms with Gasteiger partial charge in [0.05, 0.1) is 0 Å². The number of hydrogen-bond donors (Lipinski definition) is 0. The first kappa shape index (κ1) is 33.9. The molecular weight excluding hydrogens is 635 g/mol. The van der Waals surface area contributed by atoms with Crippen molar-refractivity contribution >= 4 is 38.5 Å². The number of ether oxygens (including phenoxy) is 3. The first-order valence-electron chi connectivity index (χ1n) is 15.1. The van der Waals surface area contributed by atoms with Gasteiger partial charge < -0.3 is 0 Å². The third-order valence-electron chi connectivity index (χ3n) is 6.89. The van der Waals surface area contributed by atoms with Gasteiger partial charge in [0.2, 0.25) is 0 Å². The van der Waals surface area contributed by atoms with Gasteiger partial charge in [-0.2, -0.15) is 0 Å². The van der Waals surface area contributed by atoms with E-state index in [4.69, 9.17) is 14.2 Å². The zero-order valence-electron chi connectivity index (χ0n) is 25.3. The SMILES string of the molecule is CCSC(SCC)[C@H](OCc1ccccc1)[C@H](OCc1ccccc1)[C@@H](C[Se]Cc1ccccc1)OCc1ccccc1. The van der Waals surface area contributed by atoms with Gasteiger partial charge in [-0.3, -0.25) is 0 Å². The van der Waals surface area contributed by atoms with Crippen molar-refractivity contribution in [1.29, 1.82) is 0 Å². The van der Waals surface area contributed by atoms with E-state index in [1.165, 1.54) is 16.7 Å². The number of benzene rings is 4. The van der Waals surface area contributed by atoms with Crippen LogP contribution in [0.3, 0.4) is 0 Å². The fraction of sp³-hybridized carbons (Fsp3) is 0.351. The molecule has 0 saturated carbocycles. The molecule has 0 unspecified atom stereocenters. The second-order valence-electron chi connectivity index (χ2n) is 10.1. The quantitative estimate of drug-likeness (QED) is 0.0688. The summed E-state index contributed by atoms with van der Waals surface area (Å²) < 4.78 is 20.9. The molecule has 43 heavy (non-hydrogen) atoms. The molecule has 0 heterocycles. The predicted molar refractivity (Wildman–Crippen MR) is 186 cm³/mol. The van der Waals surface area contributed by atoms with Crippen LogP contribution in [0.2, 0.25) is 5.32 Å². The minimum absolute atomic E-state index is 0.106. The monoisotopic (exact) mass is 680 g/mol. The van der Waals surface area contributed by atoms with Gasteiger partial charge in [-0.25, -0.2) is 0 Å². The van der Waals surface area contributed by atoms with Gasteiger partial charge in [0, 0.05) is 0 Å². The molecule has 0 saturated heterocycles. The van der Waals surface area contributed by atoms with Crippen molar-refractivity contribution in [2.24, 2.45) is 0 Å². The van der Waals surface area contributed by atoms with Gasteiger partial charge in [0.1, 0.15) is 0 Å². The van der Waals surface area contributed by atoms with Crippen molar-refractivity contribution in [3.05, 3.63) is 144 Å². The zero-order valence-corrected chi connectivity index (χ0v) is 28.6. The summed E-state index contributed by atoms with van der Waals surface area (Å²) in [5, 5.41) is 2.01. The van der Waals surface area contributed by atoms with Crippen LogP contribution in [0.1, 0.15) is 36.1 Å². The van der Waals surface area contributed by atoms with Crippen LogP contribution in [-0.2, 0) is 39.4 Å². The molecule has 0 aliphatic heterocycles. The van der Waals surface area contributed by atoms with Crippen LogP contribution >= 0.6 is 23.5 Å². The second kappa shape index (κ2) is 20.1. The molecule has 0 aromatic heterocycles. The molecule has 0 radical (unpaired) electrons. The second-order valence-corrected chi connectivity index (χ2v) is 15.4. The molecular formula is C37H44O3S2Se. The molecule has 0 aliphatic rings. The van der Waals surface area contributed by atoms with E-state index in [1.807, 2.05) is 23.5 Å². The maximum atomic E-state index is 6.94. The van der Waals surface area contributed by atoms with Crippen LogP contribution in [0.4, 0.5) is 0 Å². The van der Waals surface area contributed by atoms with Crippen molar-refractivity contribution in [2.75, 3.05) is 11.5 Å². The minimum atomic E-state index is -0.228. The van der Waals surface area contributed by atoms with Gasteiger partial charge in [-0.15, -0.1) is 0 Å². The molecule has 6 heteroatoms. The Morgan fingerprint density at radius 3 is 1.35 bits per heavy atom. The van der Waals surface area contributed by atoms with Crippen LogP contribution in [0.5, 0.6) is 0 Å². The molecule has 4 rings (SSSR count). The number of thioether (sulfide) groups is 2. The first-order valence-corrected chi connectivity index (χ1v) is 19.6. The van der Waals surface area contributed by atoms with Crippen LogP contribution < -0.4 is 0 Å². The molecule has 0 bridgehead atoms. The molecule has 3 nitrogen and oxygen atoms in total. The van der Waals surface area contributed by atoms with E-state index in [0.717, 1.165) is 27.7 Å². The van der Waals surface area contributed by atoms with E-state index in [-0.39, 0.29) is 22.9 Å². The van der Waals surface area contributed by atoms with Crippen LogP contribution in [0.15, 0.2) is 121 Å². The van der Waals surface area contributed by atoms with Gasteiger partial charge in [0.15, 0.2) is 0 Å². The third kappa shape index (κ3) is 12.1. The van der Waals surface area contributed by atoms with Gasteiger partial charge in [-0.1, -0.05) is 0 Å². The Balaban J connectivity index is 1.64. The Morgan fingerprint density at radius 1 is 0.512 bits per heavy atom. The van der Waals surface area contributed by atoms with Gasteiger partial charge >= 0.3 is 275 Å². The summed E-state index contributed by atoms with van der Waals surface area (Å²) in [5.41, 5.74) is 4.89. The van der Waals surface area contributed by atoms with Gasteiger partial charge in [0.25, 0.3) is 0 Å². The average Bonchev–Trinajstić information content (AvgIpc) is 3.06. The number of rotatable bonds is 20. The Bertz CT molecular complexity index is 1240. The Kier molecular flexibility index (Phi) is 15.8. The fourth-order valence-corrected chi connectivity index (χ4v) is 9.66. The molecule has 0 spiro atoms. The Hall–Kier alpha value is -2.02. The van der Waals surface area contributed by atoms with Crippen molar-refractivity contribution in [3.63, 3.8) is 0 Å². The molecule has 0 amide bonds. The van der Waals surface area contributed by atoms with Crippen molar-refractivity contribution < 1.29 is 14.2 Å². The Labute approximate surface area is 273 Å². The van der Waals surface area contributed by atoms with Gasteiger partial charge in [-0.05, 0) is 0 Å². The average molecular weight is 680 g/mol. The van der Waals surface area contributed by atoms with Crippen LogP contribution in [0.25, 0.3) is 0 Å². The van der Waals surface area contributed by atoms with E-state index in [9.17, 15) is 0 Å². The van der Waals surface area contributed by atoms with E-state index in [2.05, 4.69) is 135 Å². The summed E-state index contributed by atoms with van der Waals surface area (Å²) in [7, 11) is 0. The maximum absolute atomic E-state index is 6.94. The molecule has 0 aliphatic carbocycles. The van der Waals surface area contributed by atoms with E-state index < -0.39 is 0 Å². The Morgan fingerprint density at radius 2 is 0.907 bits per heavy atom. The first-order chi connectivity index (χ1) is 21.3. The van der Waals surface area contributed by atoms with Crippen LogP contribution in [0, 0.1) is 0 Å². The topological polar surface area (TPSA) is 27.7 Å². The molecule has 4 aromatic carbocycles. The zero-order chi connectivity index (χ0) is 30.0. The third-order valence-corrected chi connectivity index (χ3v) is 11.9. The predicted octanol–water partition coefficient (Wildman–Crippen LogP) is 8.90. The summed E-state index contributed by atoms with van der Waals surface area (Å²) in [5.74, 6) is 2.03. The van der Waals surface area contributed by atoms with E-state index in [0.29, 0.717) is 34.8 Å². The van der Waals surface area contributed by atoms with E-state index >= 15 is 0 Å². The van der Waals surface area contributed by atoms with Crippen molar-refractivity contribution in [3.8, 4) is 0 Å². The van der Waals surface area contributed by atoms with Crippen LogP contribution in [-0.4, -0.2) is 49.4 Å². The van der Waals surface area contributed by atoms with Crippen molar-refractivity contribution in [1.82, 2.24) is 0 Å². The summed E-state index contributed by atoms with van der Waals surface area (Å²) in [4.78, 5) is 0. The van der Waals surface area contributed by atoms with E-state index in [1.54, 1.807) is 0 Å². The fourth-order valence-electron chi connectivity index (χ4n) is 4.72. The molecule has 0 N–H and O–H groups in total. The summed E-state index contributed by atoms with van der Waals surface area (Å²) in [6, 6.07) is 42.2. The molecule has 228 valence electrons. The molecule has 0 fully saturated rings.